The fourth-order valence-electron chi connectivity index (χ4n) is 5.14. The summed E-state index contributed by atoms with van der Waals surface area (Å²) in [5.41, 5.74) is 5.56. The zero-order chi connectivity index (χ0) is 29.7. The van der Waals surface area contributed by atoms with Crippen LogP contribution in [-0.4, -0.2) is 66.7 Å². The maximum absolute atomic E-state index is 12.0. The van der Waals surface area contributed by atoms with Crippen LogP contribution in [0.15, 0.2) is 30.5 Å². The molecule has 3 rings (SSSR count). The molecule has 1 aliphatic rings. The summed E-state index contributed by atoms with van der Waals surface area (Å²) in [6, 6.07) is 8.72. The van der Waals surface area contributed by atoms with Crippen LogP contribution in [0.2, 0.25) is 0 Å². The number of anilines is 3. The molecule has 1 fully saturated rings. The molecule has 0 saturated carbocycles. The van der Waals surface area contributed by atoms with Crippen molar-refractivity contribution in [2.45, 2.75) is 78.2 Å². The summed E-state index contributed by atoms with van der Waals surface area (Å²) in [6.45, 7) is 11.3. The summed E-state index contributed by atoms with van der Waals surface area (Å²) in [5, 5.41) is 15.8. The molecule has 41 heavy (non-hydrogen) atoms. The van der Waals surface area contributed by atoms with Crippen molar-refractivity contribution < 1.29 is 19.5 Å². The number of hydrogen-bond donors (Lipinski definition) is 4. The Bertz CT molecular complexity index is 1060. The van der Waals surface area contributed by atoms with Crippen molar-refractivity contribution in [1.82, 2.24) is 15.3 Å². The number of ether oxygens (including phenoxy) is 1. The molecular formula is C31H50N6O4. The first-order chi connectivity index (χ1) is 19.7. The van der Waals surface area contributed by atoms with Crippen LogP contribution in [0.1, 0.15) is 71.2 Å². The van der Waals surface area contributed by atoms with E-state index in [2.05, 4.69) is 57.2 Å². The molecule has 0 bridgehead atoms. The zero-order valence-electron chi connectivity index (χ0n) is 25.5. The molecule has 1 atom stereocenters. The van der Waals surface area contributed by atoms with Crippen LogP contribution in [0, 0.1) is 11.8 Å². The highest BCUT2D eigenvalue weighted by molar-refractivity contribution is 5.67. The molecule has 10 heteroatoms. The number of alkyl carbamates (subject to hydrolysis) is 1. The van der Waals surface area contributed by atoms with Gasteiger partial charge in [-0.15, -0.1) is 0 Å². The second kappa shape index (κ2) is 16.4. The van der Waals surface area contributed by atoms with E-state index in [1.54, 1.807) is 13.3 Å². The molecule has 1 aliphatic heterocycles. The zero-order valence-corrected chi connectivity index (χ0v) is 25.5. The summed E-state index contributed by atoms with van der Waals surface area (Å²) in [4.78, 5) is 28.9. The van der Waals surface area contributed by atoms with Crippen molar-refractivity contribution in [3.63, 3.8) is 0 Å². The van der Waals surface area contributed by atoms with Gasteiger partial charge >= 0.3 is 6.09 Å². The number of carbonyl (C=O) groups excluding carboxylic acids is 1. The van der Waals surface area contributed by atoms with Gasteiger partial charge in [-0.2, -0.15) is 0 Å². The van der Waals surface area contributed by atoms with Gasteiger partial charge in [0.1, 0.15) is 17.1 Å². The van der Waals surface area contributed by atoms with Crippen molar-refractivity contribution >= 4 is 23.3 Å². The highest BCUT2D eigenvalue weighted by Crippen LogP contribution is 2.25. The molecule has 2 aromatic rings. The largest absolute Gasteiger partial charge is 0.444 e. The fraction of sp³-hybridized carbons (Fsp3) is 0.645. The van der Waals surface area contributed by atoms with Crippen molar-refractivity contribution in [2.75, 3.05) is 55.6 Å². The standard InChI is InChI=1S/C31H50N6O4/c1-6-8-24(15-18-38)20-33-29-27(36-40-5)22-32-28(35-29)12-11-23-9-7-10-26(19-23)37-16-13-25(14-17-37)21-34-30(39)41-31(2,3)4/h7,9-10,19,22,24-25,36,38H,6,8,11-18,20-21H2,1-5H3,(H,34,39)(H,32,33,35). The van der Waals surface area contributed by atoms with E-state index in [-0.39, 0.29) is 12.7 Å². The van der Waals surface area contributed by atoms with E-state index in [1.807, 2.05) is 20.8 Å². The van der Waals surface area contributed by atoms with Crippen molar-refractivity contribution in [3.8, 4) is 0 Å². The number of benzene rings is 1. The van der Waals surface area contributed by atoms with E-state index >= 15 is 0 Å². The Labute approximate surface area is 245 Å². The minimum atomic E-state index is -0.479. The summed E-state index contributed by atoms with van der Waals surface area (Å²) in [6.07, 6.45) is 7.93. The summed E-state index contributed by atoms with van der Waals surface area (Å²) < 4.78 is 5.36. The third-order valence-electron chi connectivity index (χ3n) is 7.30. The number of rotatable bonds is 15. The molecule has 4 N–H and O–H groups in total. The molecule has 1 unspecified atom stereocenters. The first-order valence-electron chi connectivity index (χ1n) is 15.0. The second-order valence-electron chi connectivity index (χ2n) is 11.9. The number of nitrogens with one attached hydrogen (secondary N) is 3. The molecule has 2 heterocycles. The highest BCUT2D eigenvalue weighted by atomic mass is 16.6. The van der Waals surface area contributed by atoms with Crippen LogP contribution in [0.25, 0.3) is 0 Å². The molecule has 1 aromatic carbocycles. The molecule has 1 saturated heterocycles. The van der Waals surface area contributed by atoms with Gasteiger partial charge in [0.15, 0.2) is 5.82 Å². The first-order valence-corrected chi connectivity index (χ1v) is 15.0. The molecule has 0 radical (unpaired) electrons. The van der Waals surface area contributed by atoms with E-state index in [0.29, 0.717) is 29.9 Å². The van der Waals surface area contributed by atoms with Gasteiger partial charge in [-0.1, -0.05) is 25.5 Å². The third-order valence-corrected chi connectivity index (χ3v) is 7.30. The summed E-state index contributed by atoms with van der Waals surface area (Å²) in [7, 11) is 1.57. The smallest absolute Gasteiger partial charge is 0.407 e. The first kappa shape index (κ1) is 32.4. The van der Waals surface area contributed by atoms with E-state index < -0.39 is 5.60 Å². The second-order valence-corrected chi connectivity index (χ2v) is 11.9. The Morgan fingerprint density at radius 2 is 1.98 bits per heavy atom. The van der Waals surface area contributed by atoms with Gasteiger partial charge < -0.3 is 25.4 Å². The van der Waals surface area contributed by atoms with E-state index in [1.165, 1.54) is 11.3 Å². The lowest BCUT2D eigenvalue weighted by atomic mass is 9.96. The van der Waals surface area contributed by atoms with Gasteiger partial charge in [-0.3, -0.25) is 10.3 Å². The molecule has 10 nitrogen and oxygen atoms in total. The molecule has 1 amide bonds. The Morgan fingerprint density at radius 3 is 2.66 bits per heavy atom. The lowest BCUT2D eigenvalue weighted by molar-refractivity contribution is 0.0516. The fourth-order valence-corrected chi connectivity index (χ4v) is 5.14. The van der Waals surface area contributed by atoms with Gasteiger partial charge in [-0.25, -0.2) is 14.8 Å². The number of aliphatic hydroxyl groups excluding tert-OH is 1. The highest BCUT2D eigenvalue weighted by Gasteiger charge is 2.22. The minimum absolute atomic E-state index is 0.187. The lowest BCUT2D eigenvalue weighted by Gasteiger charge is -2.34. The third kappa shape index (κ3) is 11.4. The van der Waals surface area contributed by atoms with Crippen LogP contribution in [-0.2, 0) is 22.4 Å². The lowest BCUT2D eigenvalue weighted by Crippen LogP contribution is -2.40. The van der Waals surface area contributed by atoms with Gasteiger partial charge in [0.25, 0.3) is 0 Å². The van der Waals surface area contributed by atoms with E-state index in [9.17, 15) is 9.90 Å². The Kier molecular flexibility index (Phi) is 12.9. The van der Waals surface area contributed by atoms with Crippen LogP contribution >= 0.6 is 0 Å². The van der Waals surface area contributed by atoms with Gasteiger partial charge in [0, 0.05) is 44.9 Å². The number of aromatic nitrogens is 2. The molecule has 1 aromatic heterocycles. The van der Waals surface area contributed by atoms with Crippen molar-refractivity contribution in [3.05, 3.63) is 41.9 Å². The predicted octanol–water partition coefficient (Wildman–Crippen LogP) is 5.19. The van der Waals surface area contributed by atoms with Crippen LogP contribution in [0.5, 0.6) is 0 Å². The Morgan fingerprint density at radius 1 is 1.20 bits per heavy atom. The number of aliphatic hydroxyl groups is 1. The number of nitrogens with zero attached hydrogens (tertiary/aromatic N) is 3. The molecule has 0 spiro atoms. The molecule has 0 aliphatic carbocycles. The number of hydrogen-bond acceptors (Lipinski definition) is 9. The maximum atomic E-state index is 12.0. The van der Waals surface area contributed by atoms with Crippen LogP contribution < -0.4 is 21.0 Å². The van der Waals surface area contributed by atoms with Gasteiger partial charge in [0.2, 0.25) is 0 Å². The molecule has 228 valence electrons. The quantitative estimate of drug-likeness (QED) is 0.214. The SMILES string of the molecule is CCCC(CCO)CNc1nc(CCc2cccc(N3CCC(CNC(=O)OC(C)(C)C)CC3)c2)ncc1NOC. The van der Waals surface area contributed by atoms with Crippen molar-refractivity contribution in [2.24, 2.45) is 11.8 Å². The normalized spacial score (nSPS) is 14.9. The average Bonchev–Trinajstić information content (AvgIpc) is 2.94. The Hall–Kier alpha value is -3.11. The average molecular weight is 571 g/mol. The van der Waals surface area contributed by atoms with E-state index in [0.717, 1.165) is 70.4 Å². The monoisotopic (exact) mass is 570 g/mol. The topological polar surface area (TPSA) is 121 Å². The van der Waals surface area contributed by atoms with Crippen molar-refractivity contribution in [1.29, 1.82) is 0 Å². The number of carbonyl (C=O) groups is 1. The summed E-state index contributed by atoms with van der Waals surface area (Å²) >= 11 is 0. The van der Waals surface area contributed by atoms with E-state index in [4.69, 9.17) is 14.6 Å². The number of aryl methyl sites for hydroxylation is 2. The Balaban J connectivity index is 1.53. The predicted molar refractivity (Wildman–Crippen MR) is 164 cm³/mol. The van der Waals surface area contributed by atoms with Crippen LogP contribution in [0.3, 0.4) is 0 Å². The molecular weight excluding hydrogens is 520 g/mol. The summed E-state index contributed by atoms with van der Waals surface area (Å²) in [5.74, 6) is 2.33. The van der Waals surface area contributed by atoms with Crippen LogP contribution in [0.4, 0.5) is 22.0 Å². The van der Waals surface area contributed by atoms with Gasteiger partial charge in [-0.05, 0) is 82.4 Å². The number of amides is 1. The van der Waals surface area contributed by atoms with Gasteiger partial charge in [0.05, 0.1) is 13.3 Å². The maximum Gasteiger partial charge on any atom is 0.407 e. The minimum Gasteiger partial charge on any atom is -0.444 e. The number of piperidine rings is 1.